The predicted octanol–water partition coefficient (Wildman–Crippen LogP) is 2.81. The van der Waals surface area contributed by atoms with Crippen molar-refractivity contribution in [2.45, 2.75) is 0 Å². The number of methoxy groups -OCH3 is 3. The molecule has 0 aliphatic rings. The molecule has 23 heavy (non-hydrogen) atoms. The average molecular weight is 336 g/mol. The Balaban J connectivity index is 2.17. The number of ether oxygens (including phenoxy) is 4. The number of ketones is 1. The second kappa shape index (κ2) is 7.64. The Kier molecular flexibility index (Phi) is 5.59. The summed E-state index contributed by atoms with van der Waals surface area (Å²) in [6.07, 6.45) is 0. The van der Waals surface area contributed by atoms with Crippen molar-refractivity contribution in [3.63, 3.8) is 0 Å². The van der Waals surface area contributed by atoms with Gasteiger partial charge in [0.25, 0.3) is 0 Å². The molecule has 0 N–H and O–H groups in total. The first-order valence-electron chi connectivity index (χ1n) is 6.65. The highest BCUT2D eigenvalue weighted by atomic mass is 32.1. The van der Waals surface area contributed by atoms with Crippen molar-refractivity contribution >= 4 is 23.1 Å². The van der Waals surface area contributed by atoms with Gasteiger partial charge in [-0.3, -0.25) is 4.79 Å². The van der Waals surface area contributed by atoms with Gasteiger partial charge in [0.15, 0.2) is 18.1 Å². The van der Waals surface area contributed by atoms with E-state index in [1.807, 2.05) is 0 Å². The van der Waals surface area contributed by atoms with E-state index in [4.69, 9.17) is 18.9 Å². The molecule has 0 unspecified atom stereocenters. The van der Waals surface area contributed by atoms with Crippen LogP contribution in [0, 0.1) is 0 Å². The number of benzene rings is 1. The molecular formula is C16H16O6S. The zero-order valence-electron chi connectivity index (χ0n) is 13.0. The molecule has 0 spiro atoms. The van der Waals surface area contributed by atoms with Gasteiger partial charge in [0.1, 0.15) is 5.56 Å². The van der Waals surface area contributed by atoms with Crippen LogP contribution in [0.4, 0.5) is 0 Å². The van der Waals surface area contributed by atoms with E-state index >= 15 is 0 Å². The molecule has 0 aliphatic carbocycles. The maximum absolute atomic E-state index is 12.2. The molecule has 0 amide bonds. The molecule has 6 nitrogen and oxygen atoms in total. The van der Waals surface area contributed by atoms with Crippen LogP contribution in [0.2, 0.25) is 0 Å². The number of esters is 1. The fourth-order valence-electron chi connectivity index (χ4n) is 1.98. The van der Waals surface area contributed by atoms with Crippen LogP contribution >= 0.6 is 11.3 Å². The monoisotopic (exact) mass is 336 g/mol. The quantitative estimate of drug-likeness (QED) is 0.572. The number of hydrogen-bond donors (Lipinski definition) is 0. The summed E-state index contributed by atoms with van der Waals surface area (Å²) in [5.74, 6) is -0.0227. The minimum atomic E-state index is -0.673. The number of rotatable bonds is 7. The second-order valence-corrected chi connectivity index (χ2v) is 5.31. The van der Waals surface area contributed by atoms with Gasteiger partial charge in [-0.05, 0) is 23.6 Å². The molecule has 2 aromatic rings. The topological polar surface area (TPSA) is 71.1 Å². The Bertz CT molecular complexity index is 693. The van der Waals surface area contributed by atoms with Gasteiger partial charge in [-0.2, -0.15) is 0 Å². The fraction of sp³-hybridized carbons (Fsp3) is 0.250. The number of Topliss-reactive ketones (excluding diaryl/α,β-unsaturated/α-hetero) is 1. The highest BCUT2D eigenvalue weighted by Gasteiger charge is 2.22. The first-order chi connectivity index (χ1) is 11.1. The third kappa shape index (κ3) is 3.62. The minimum Gasteiger partial charge on any atom is -0.493 e. The lowest BCUT2D eigenvalue weighted by atomic mass is 10.1. The van der Waals surface area contributed by atoms with Gasteiger partial charge in [0.05, 0.1) is 26.2 Å². The van der Waals surface area contributed by atoms with E-state index < -0.39 is 5.97 Å². The number of hydrogen-bond acceptors (Lipinski definition) is 7. The Labute approximate surface area is 137 Å². The van der Waals surface area contributed by atoms with Crippen LogP contribution in [-0.2, 0) is 4.74 Å². The summed E-state index contributed by atoms with van der Waals surface area (Å²) in [5.41, 5.74) is 0.157. The molecular weight excluding hydrogens is 320 g/mol. The molecule has 2 rings (SSSR count). The third-order valence-electron chi connectivity index (χ3n) is 3.05. The van der Waals surface area contributed by atoms with Gasteiger partial charge in [-0.15, -0.1) is 11.3 Å². The van der Waals surface area contributed by atoms with Crippen LogP contribution in [0.3, 0.4) is 0 Å². The van der Waals surface area contributed by atoms with E-state index in [9.17, 15) is 9.59 Å². The van der Waals surface area contributed by atoms with E-state index in [0.717, 1.165) is 0 Å². The van der Waals surface area contributed by atoms with Crippen molar-refractivity contribution in [2.24, 2.45) is 0 Å². The van der Waals surface area contributed by atoms with E-state index in [0.29, 0.717) is 10.6 Å². The van der Waals surface area contributed by atoms with Crippen molar-refractivity contribution in [2.75, 3.05) is 27.9 Å². The van der Waals surface area contributed by atoms with Crippen molar-refractivity contribution in [3.05, 3.63) is 40.1 Å². The van der Waals surface area contributed by atoms with E-state index in [-0.39, 0.29) is 29.5 Å². The molecule has 1 aromatic heterocycles. The average Bonchev–Trinajstić information content (AvgIpc) is 3.12. The normalized spacial score (nSPS) is 10.0. The summed E-state index contributed by atoms with van der Waals surface area (Å²) in [4.78, 5) is 24.6. The maximum Gasteiger partial charge on any atom is 0.342 e. The summed E-state index contributed by atoms with van der Waals surface area (Å²) < 4.78 is 20.7. The smallest absolute Gasteiger partial charge is 0.342 e. The largest absolute Gasteiger partial charge is 0.493 e. The van der Waals surface area contributed by atoms with Gasteiger partial charge in [0, 0.05) is 0 Å². The Morgan fingerprint density at radius 2 is 1.74 bits per heavy atom. The SMILES string of the molecule is COc1ccc(C(=O)OCC(=O)c2cccs2)c(OC)c1OC. The third-order valence-corrected chi connectivity index (χ3v) is 3.97. The lowest BCUT2D eigenvalue weighted by Gasteiger charge is -2.14. The van der Waals surface area contributed by atoms with E-state index in [1.165, 1.54) is 38.7 Å². The Hall–Kier alpha value is -2.54. The zero-order valence-corrected chi connectivity index (χ0v) is 13.8. The molecule has 122 valence electrons. The molecule has 0 atom stereocenters. The van der Waals surface area contributed by atoms with Crippen LogP contribution in [0.1, 0.15) is 20.0 Å². The van der Waals surface area contributed by atoms with Crippen LogP contribution in [0.5, 0.6) is 17.2 Å². The molecule has 0 fully saturated rings. The molecule has 0 saturated carbocycles. The van der Waals surface area contributed by atoms with Gasteiger partial charge in [-0.1, -0.05) is 6.07 Å². The highest BCUT2D eigenvalue weighted by Crippen LogP contribution is 2.39. The standard InChI is InChI=1S/C16H16O6S/c1-19-12-7-6-10(14(20-2)15(12)21-3)16(18)22-9-11(17)13-5-4-8-23-13/h4-8H,9H2,1-3H3. The molecule has 0 saturated heterocycles. The molecule has 1 heterocycles. The van der Waals surface area contributed by atoms with Gasteiger partial charge < -0.3 is 18.9 Å². The van der Waals surface area contributed by atoms with Crippen molar-refractivity contribution in [3.8, 4) is 17.2 Å². The van der Waals surface area contributed by atoms with Crippen molar-refractivity contribution in [1.29, 1.82) is 0 Å². The van der Waals surface area contributed by atoms with Crippen LogP contribution in [0.15, 0.2) is 29.6 Å². The lowest BCUT2D eigenvalue weighted by Crippen LogP contribution is -2.14. The summed E-state index contributed by atoms with van der Waals surface area (Å²) in [6.45, 7) is -0.336. The summed E-state index contributed by atoms with van der Waals surface area (Å²) >= 11 is 1.30. The van der Waals surface area contributed by atoms with Crippen molar-refractivity contribution in [1.82, 2.24) is 0 Å². The fourth-order valence-corrected chi connectivity index (χ4v) is 2.63. The first-order valence-corrected chi connectivity index (χ1v) is 7.53. The second-order valence-electron chi connectivity index (χ2n) is 4.36. The molecule has 0 aliphatic heterocycles. The van der Waals surface area contributed by atoms with Gasteiger partial charge in [-0.25, -0.2) is 4.79 Å². The van der Waals surface area contributed by atoms with Crippen molar-refractivity contribution < 1.29 is 28.5 Å². The molecule has 7 heteroatoms. The molecule has 0 bridgehead atoms. The van der Waals surface area contributed by atoms with Crippen LogP contribution in [0.25, 0.3) is 0 Å². The summed E-state index contributed by atoms with van der Waals surface area (Å²) in [6, 6.07) is 6.51. The Morgan fingerprint density at radius 3 is 2.30 bits per heavy atom. The van der Waals surface area contributed by atoms with Gasteiger partial charge >= 0.3 is 5.97 Å². The van der Waals surface area contributed by atoms with Crippen LogP contribution < -0.4 is 14.2 Å². The molecule has 1 aromatic carbocycles. The summed E-state index contributed by atoms with van der Waals surface area (Å²) in [7, 11) is 4.33. The number of carbonyl (C=O) groups excluding carboxylic acids is 2. The van der Waals surface area contributed by atoms with E-state index in [1.54, 1.807) is 23.6 Å². The predicted molar refractivity (Wildman–Crippen MR) is 85.0 cm³/mol. The summed E-state index contributed by atoms with van der Waals surface area (Å²) in [5, 5.41) is 1.78. The number of carbonyl (C=O) groups is 2. The Morgan fingerprint density at radius 1 is 1.00 bits per heavy atom. The number of thiophene rings is 1. The first kappa shape index (κ1) is 16.8. The minimum absolute atomic E-state index is 0.157. The van der Waals surface area contributed by atoms with E-state index in [2.05, 4.69) is 0 Å². The maximum atomic E-state index is 12.2. The van der Waals surface area contributed by atoms with Crippen LogP contribution in [-0.4, -0.2) is 39.7 Å². The lowest BCUT2D eigenvalue weighted by molar-refractivity contribution is 0.0472. The van der Waals surface area contributed by atoms with Gasteiger partial charge in [0.2, 0.25) is 11.5 Å². The highest BCUT2D eigenvalue weighted by molar-refractivity contribution is 7.12. The molecule has 0 radical (unpaired) electrons. The zero-order chi connectivity index (χ0) is 16.8.